The van der Waals surface area contributed by atoms with Crippen LogP contribution in [0.15, 0.2) is 30.3 Å². The fourth-order valence-corrected chi connectivity index (χ4v) is 3.20. The maximum atomic E-state index is 6.03. The molecule has 1 saturated heterocycles. The van der Waals surface area contributed by atoms with Crippen LogP contribution in [0, 0.1) is 12.8 Å². The Morgan fingerprint density at radius 2 is 2.05 bits per heavy atom. The van der Waals surface area contributed by atoms with Gasteiger partial charge in [0.15, 0.2) is 0 Å². The van der Waals surface area contributed by atoms with Crippen LogP contribution in [0.2, 0.25) is 0 Å². The number of para-hydroxylation sites is 1. The first kappa shape index (κ1) is 19.2. The second-order valence-corrected chi connectivity index (χ2v) is 6.08. The molecule has 2 atom stereocenters. The summed E-state index contributed by atoms with van der Waals surface area (Å²) in [4.78, 5) is 7.14. The van der Waals surface area contributed by atoms with Crippen molar-refractivity contribution < 1.29 is 0 Å². The van der Waals surface area contributed by atoms with E-state index in [2.05, 4.69) is 54.1 Å². The minimum absolute atomic E-state index is 0. The molecule has 1 fully saturated rings. The van der Waals surface area contributed by atoms with Crippen LogP contribution in [-0.2, 0) is 6.54 Å². The molecule has 0 saturated carbocycles. The lowest BCUT2D eigenvalue weighted by Crippen LogP contribution is -2.29. The number of rotatable bonds is 3. The average molecular weight is 342 g/mol. The van der Waals surface area contributed by atoms with Gasteiger partial charge in [0.1, 0.15) is 0 Å². The van der Waals surface area contributed by atoms with Gasteiger partial charge in [-0.15, -0.1) is 24.8 Å². The fraction of sp³-hybridized carbons (Fsp3) is 0.471. The van der Waals surface area contributed by atoms with Crippen molar-refractivity contribution in [2.45, 2.75) is 32.9 Å². The molecule has 0 aliphatic carbocycles. The van der Waals surface area contributed by atoms with E-state index in [1.165, 1.54) is 17.4 Å². The van der Waals surface area contributed by atoms with Gasteiger partial charge < -0.3 is 5.73 Å². The van der Waals surface area contributed by atoms with Crippen LogP contribution in [0.25, 0.3) is 10.9 Å². The van der Waals surface area contributed by atoms with Crippen LogP contribution in [0.1, 0.15) is 24.6 Å². The van der Waals surface area contributed by atoms with E-state index in [4.69, 9.17) is 5.73 Å². The van der Waals surface area contributed by atoms with E-state index in [0.29, 0.717) is 12.0 Å². The van der Waals surface area contributed by atoms with Gasteiger partial charge in [0, 0.05) is 30.2 Å². The number of hydrogen-bond acceptors (Lipinski definition) is 3. The van der Waals surface area contributed by atoms with Crippen LogP contribution in [0.3, 0.4) is 0 Å². The molecule has 1 aliphatic heterocycles. The maximum Gasteiger partial charge on any atom is 0.0708 e. The first-order chi connectivity index (χ1) is 9.63. The van der Waals surface area contributed by atoms with Gasteiger partial charge in [0.2, 0.25) is 0 Å². The highest BCUT2D eigenvalue weighted by Crippen LogP contribution is 2.24. The van der Waals surface area contributed by atoms with Gasteiger partial charge in [-0.1, -0.05) is 18.2 Å². The fourth-order valence-electron chi connectivity index (χ4n) is 3.20. The number of aromatic nitrogens is 1. The molecule has 0 radical (unpaired) electrons. The first-order valence-corrected chi connectivity index (χ1v) is 7.46. The van der Waals surface area contributed by atoms with Gasteiger partial charge in [-0.25, -0.2) is 0 Å². The summed E-state index contributed by atoms with van der Waals surface area (Å²) in [5.41, 5.74) is 9.62. The molecule has 0 amide bonds. The molecule has 2 aromatic rings. The Bertz CT molecular complexity index is 616. The number of nitrogens with two attached hydrogens (primary N) is 1. The number of likely N-dealkylation sites (tertiary alicyclic amines) is 1. The van der Waals surface area contributed by atoms with Crippen molar-refractivity contribution in [3.8, 4) is 0 Å². The molecule has 122 valence electrons. The van der Waals surface area contributed by atoms with Crippen molar-refractivity contribution in [3.05, 3.63) is 41.6 Å². The standard InChI is InChI=1S/C17H23N3.2ClH/c1-12-9-15(16-5-3-4-6-17(16)19-12)11-20-8-7-14(10-20)13(2)18;;/h3-6,9,13-14H,7-8,10-11,18H2,1-2H3;2*1H. The zero-order chi connectivity index (χ0) is 14.1. The quantitative estimate of drug-likeness (QED) is 0.927. The predicted octanol–water partition coefficient (Wildman–Crippen LogP) is 3.56. The molecule has 0 spiro atoms. The molecule has 0 bridgehead atoms. The second-order valence-electron chi connectivity index (χ2n) is 6.08. The highest BCUT2D eigenvalue weighted by molar-refractivity contribution is 5.85. The van der Waals surface area contributed by atoms with Crippen molar-refractivity contribution in [1.29, 1.82) is 0 Å². The van der Waals surface area contributed by atoms with Crippen molar-refractivity contribution >= 4 is 35.7 Å². The monoisotopic (exact) mass is 341 g/mol. The average Bonchev–Trinajstić information content (AvgIpc) is 2.87. The molecular weight excluding hydrogens is 317 g/mol. The number of hydrogen-bond donors (Lipinski definition) is 1. The minimum atomic E-state index is 0. The smallest absolute Gasteiger partial charge is 0.0708 e. The largest absolute Gasteiger partial charge is 0.328 e. The van der Waals surface area contributed by atoms with E-state index in [-0.39, 0.29) is 24.8 Å². The summed E-state index contributed by atoms with van der Waals surface area (Å²) in [6.45, 7) is 7.48. The van der Waals surface area contributed by atoms with Crippen molar-refractivity contribution in [3.63, 3.8) is 0 Å². The molecule has 22 heavy (non-hydrogen) atoms. The Labute approximate surface area is 145 Å². The Morgan fingerprint density at radius 1 is 1.32 bits per heavy atom. The molecule has 1 aromatic carbocycles. The van der Waals surface area contributed by atoms with Gasteiger partial charge >= 0.3 is 0 Å². The Kier molecular flexibility index (Phi) is 7.07. The number of aryl methyl sites for hydroxylation is 1. The van der Waals surface area contributed by atoms with E-state index in [1.807, 2.05) is 0 Å². The summed E-state index contributed by atoms with van der Waals surface area (Å²) < 4.78 is 0. The van der Waals surface area contributed by atoms with Crippen LogP contribution in [0.5, 0.6) is 0 Å². The number of halogens is 2. The number of fused-ring (bicyclic) bond motifs is 1. The normalized spacial score (nSPS) is 19.5. The van der Waals surface area contributed by atoms with Gasteiger partial charge in [-0.2, -0.15) is 0 Å². The molecule has 5 heteroatoms. The lowest BCUT2D eigenvalue weighted by molar-refractivity contribution is 0.309. The third-order valence-corrected chi connectivity index (χ3v) is 4.38. The van der Waals surface area contributed by atoms with Gasteiger partial charge in [-0.05, 0) is 50.4 Å². The maximum absolute atomic E-state index is 6.03. The summed E-state index contributed by atoms with van der Waals surface area (Å²) in [6.07, 6.45) is 1.22. The van der Waals surface area contributed by atoms with Gasteiger partial charge in [0.05, 0.1) is 5.52 Å². The van der Waals surface area contributed by atoms with E-state index < -0.39 is 0 Å². The van der Waals surface area contributed by atoms with E-state index in [9.17, 15) is 0 Å². The summed E-state index contributed by atoms with van der Waals surface area (Å²) in [6, 6.07) is 11.0. The Balaban J connectivity index is 0.00000121. The third-order valence-electron chi connectivity index (χ3n) is 4.38. The zero-order valence-electron chi connectivity index (χ0n) is 13.2. The zero-order valence-corrected chi connectivity index (χ0v) is 14.8. The van der Waals surface area contributed by atoms with E-state index >= 15 is 0 Å². The van der Waals surface area contributed by atoms with Crippen LogP contribution in [0.4, 0.5) is 0 Å². The minimum Gasteiger partial charge on any atom is -0.328 e. The SMILES string of the molecule is Cc1cc(CN2CCC(C(C)N)C2)c2ccccc2n1.Cl.Cl. The molecule has 2 N–H and O–H groups in total. The van der Waals surface area contributed by atoms with Crippen LogP contribution >= 0.6 is 24.8 Å². The molecule has 1 aromatic heterocycles. The van der Waals surface area contributed by atoms with Crippen LogP contribution < -0.4 is 5.73 Å². The molecule has 2 unspecified atom stereocenters. The molecule has 2 heterocycles. The molecule has 3 rings (SSSR count). The van der Waals surface area contributed by atoms with Gasteiger partial charge in [-0.3, -0.25) is 9.88 Å². The van der Waals surface area contributed by atoms with Gasteiger partial charge in [0.25, 0.3) is 0 Å². The third kappa shape index (κ3) is 4.11. The second kappa shape index (κ2) is 8.11. The van der Waals surface area contributed by atoms with Crippen molar-refractivity contribution in [1.82, 2.24) is 9.88 Å². The van der Waals surface area contributed by atoms with Crippen molar-refractivity contribution in [2.75, 3.05) is 13.1 Å². The topological polar surface area (TPSA) is 42.1 Å². The lowest BCUT2D eigenvalue weighted by Gasteiger charge is -2.19. The summed E-state index contributed by atoms with van der Waals surface area (Å²) in [5.74, 6) is 0.643. The van der Waals surface area contributed by atoms with Crippen molar-refractivity contribution in [2.24, 2.45) is 11.7 Å². The molecule has 1 aliphatic rings. The highest BCUT2D eigenvalue weighted by atomic mass is 35.5. The Hall–Kier alpha value is -0.870. The number of pyridine rings is 1. The van der Waals surface area contributed by atoms with Crippen LogP contribution in [-0.4, -0.2) is 29.0 Å². The number of nitrogens with zero attached hydrogens (tertiary/aromatic N) is 2. The van der Waals surface area contributed by atoms with E-state index in [0.717, 1.165) is 30.8 Å². The first-order valence-electron chi connectivity index (χ1n) is 7.46. The number of benzene rings is 1. The molecular formula is C17H25Cl2N3. The summed E-state index contributed by atoms with van der Waals surface area (Å²) in [5, 5.41) is 1.28. The molecule has 3 nitrogen and oxygen atoms in total. The summed E-state index contributed by atoms with van der Waals surface area (Å²) >= 11 is 0. The predicted molar refractivity (Wildman–Crippen MR) is 98.0 cm³/mol. The Morgan fingerprint density at radius 3 is 2.73 bits per heavy atom. The summed E-state index contributed by atoms with van der Waals surface area (Å²) in [7, 11) is 0. The van der Waals surface area contributed by atoms with E-state index in [1.54, 1.807) is 0 Å². The highest BCUT2D eigenvalue weighted by Gasteiger charge is 2.25. The lowest BCUT2D eigenvalue weighted by atomic mass is 10.0.